The number of nitrogens with two attached hydrogens (primary N) is 2. The Morgan fingerprint density at radius 2 is 2.13 bits per heavy atom. The van der Waals surface area contributed by atoms with Gasteiger partial charge in [-0.1, -0.05) is 15.9 Å². The summed E-state index contributed by atoms with van der Waals surface area (Å²) in [7, 11) is 0. The summed E-state index contributed by atoms with van der Waals surface area (Å²) < 4.78 is 6.32. The lowest BCUT2D eigenvalue weighted by atomic mass is 10.3. The van der Waals surface area contributed by atoms with Gasteiger partial charge in [0.2, 0.25) is 0 Å². The number of ether oxygens (including phenoxy) is 1. The van der Waals surface area contributed by atoms with Crippen molar-refractivity contribution in [2.24, 2.45) is 5.73 Å². The predicted molar refractivity (Wildman–Crippen MR) is 69.2 cm³/mol. The lowest BCUT2D eigenvalue weighted by Crippen LogP contribution is -2.09. The van der Waals surface area contributed by atoms with Gasteiger partial charge in [0.05, 0.1) is 13.2 Å². The second-order valence-corrected chi connectivity index (χ2v) is 4.98. The molecule has 84 valence electrons. The number of rotatable bonds is 6. The lowest BCUT2D eigenvalue weighted by Gasteiger charge is -2.06. The molecule has 1 rings (SSSR count). The number of nitrogen functional groups attached to an aromatic ring is 1. The largest absolute Gasteiger partial charge is 0.398 e. The third-order valence-corrected chi connectivity index (χ3v) is 3.25. The molecule has 0 aliphatic heterocycles. The van der Waals surface area contributed by atoms with Crippen LogP contribution in [0.3, 0.4) is 0 Å². The average Bonchev–Trinajstić information content (AvgIpc) is 2.23. The minimum absolute atomic E-state index is 0.573. The van der Waals surface area contributed by atoms with Gasteiger partial charge in [-0.05, 0) is 18.2 Å². The molecule has 0 spiro atoms. The van der Waals surface area contributed by atoms with Gasteiger partial charge in [0.15, 0.2) is 0 Å². The summed E-state index contributed by atoms with van der Waals surface area (Å²) in [6.45, 7) is 1.89. The molecule has 0 saturated heterocycles. The Hall–Kier alpha value is -0.230. The average molecular weight is 291 g/mol. The fourth-order valence-corrected chi connectivity index (χ4v) is 2.41. The summed E-state index contributed by atoms with van der Waals surface area (Å²) in [6, 6.07) is 5.85. The normalized spacial score (nSPS) is 10.5. The Labute approximate surface area is 103 Å². The van der Waals surface area contributed by atoms with E-state index < -0.39 is 0 Å². The molecule has 3 nitrogen and oxygen atoms in total. The van der Waals surface area contributed by atoms with Crippen molar-refractivity contribution in [2.45, 2.75) is 4.90 Å². The molecule has 0 aliphatic rings. The van der Waals surface area contributed by atoms with Gasteiger partial charge >= 0.3 is 0 Å². The molecule has 15 heavy (non-hydrogen) atoms. The minimum atomic E-state index is 0.573. The molecule has 0 aromatic heterocycles. The quantitative estimate of drug-likeness (QED) is 0.479. The predicted octanol–water partition coefficient (Wildman–Crippen LogP) is 2.10. The first-order valence-electron chi connectivity index (χ1n) is 4.69. The van der Waals surface area contributed by atoms with Crippen molar-refractivity contribution in [1.82, 2.24) is 0 Å². The van der Waals surface area contributed by atoms with E-state index in [9.17, 15) is 0 Å². The van der Waals surface area contributed by atoms with Gasteiger partial charge in [0.25, 0.3) is 0 Å². The molecule has 0 amide bonds. The van der Waals surface area contributed by atoms with Crippen molar-refractivity contribution in [3.05, 3.63) is 22.7 Å². The maximum absolute atomic E-state index is 5.83. The van der Waals surface area contributed by atoms with E-state index in [4.69, 9.17) is 16.2 Å². The van der Waals surface area contributed by atoms with Crippen LogP contribution >= 0.6 is 27.7 Å². The molecular formula is C10H15BrN2OS. The zero-order valence-corrected chi connectivity index (χ0v) is 10.8. The van der Waals surface area contributed by atoms with Crippen LogP contribution < -0.4 is 11.5 Å². The first-order valence-corrected chi connectivity index (χ1v) is 6.47. The van der Waals surface area contributed by atoms with Crippen LogP contribution in [0.25, 0.3) is 0 Å². The highest BCUT2D eigenvalue weighted by Gasteiger charge is 2.00. The van der Waals surface area contributed by atoms with Gasteiger partial charge in [0.1, 0.15) is 0 Å². The fraction of sp³-hybridized carbons (Fsp3) is 0.400. The second-order valence-electron chi connectivity index (χ2n) is 2.93. The summed E-state index contributed by atoms with van der Waals surface area (Å²) in [6.07, 6.45) is 0. The van der Waals surface area contributed by atoms with E-state index in [-0.39, 0.29) is 0 Å². The van der Waals surface area contributed by atoms with E-state index >= 15 is 0 Å². The number of hydrogen-bond donors (Lipinski definition) is 2. The molecule has 0 aliphatic carbocycles. The van der Waals surface area contributed by atoms with Crippen molar-refractivity contribution in [3.63, 3.8) is 0 Å². The SMILES string of the molecule is NCCOCCSc1cc(Br)ccc1N. The molecule has 0 atom stereocenters. The van der Waals surface area contributed by atoms with E-state index in [0.717, 1.165) is 20.8 Å². The van der Waals surface area contributed by atoms with E-state index in [1.54, 1.807) is 11.8 Å². The van der Waals surface area contributed by atoms with Crippen molar-refractivity contribution in [1.29, 1.82) is 0 Å². The Balaban J connectivity index is 2.33. The Morgan fingerprint density at radius 1 is 1.33 bits per heavy atom. The summed E-state index contributed by atoms with van der Waals surface area (Å²) in [5.41, 5.74) is 11.9. The van der Waals surface area contributed by atoms with E-state index in [1.165, 1.54) is 0 Å². The molecule has 1 aromatic rings. The molecule has 5 heteroatoms. The third-order valence-electron chi connectivity index (χ3n) is 1.72. The highest BCUT2D eigenvalue weighted by atomic mass is 79.9. The molecular weight excluding hydrogens is 276 g/mol. The second kappa shape index (κ2) is 7.11. The molecule has 0 saturated carbocycles. The van der Waals surface area contributed by atoms with Crippen molar-refractivity contribution >= 4 is 33.4 Å². The Bertz CT molecular complexity index is 309. The van der Waals surface area contributed by atoms with Crippen LogP contribution in [0, 0.1) is 0 Å². The van der Waals surface area contributed by atoms with E-state index in [2.05, 4.69) is 15.9 Å². The fourth-order valence-electron chi connectivity index (χ4n) is 1.03. The van der Waals surface area contributed by atoms with E-state index in [0.29, 0.717) is 19.8 Å². The third kappa shape index (κ3) is 4.88. The summed E-state index contributed by atoms with van der Waals surface area (Å²) in [5.74, 6) is 0.890. The van der Waals surface area contributed by atoms with Crippen LogP contribution in [-0.4, -0.2) is 25.5 Å². The number of hydrogen-bond acceptors (Lipinski definition) is 4. The molecule has 0 fully saturated rings. The molecule has 0 unspecified atom stereocenters. The lowest BCUT2D eigenvalue weighted by molar-refractivity contribution is 0.158. The van der Waals surface area contributed by atoms with Crippen LogP contribution in [0.4, 0.5) is 5.69 Å². The zero-order valence-electron chi connectivity index (χ0n) is 8.41. The van der Waals surface area contributed by atoms with Crippen molar-refractivity contribution in [2.75, 3.05) is 31.2 Å². The Kier molecular flexibility index (Phi) is 6.09. The number of thioether (sulfide) groups is 1. The maximum Gasteiger partial charge on any atom is 0.0589 e. The van der Waals surface area contributed by atoms with Gasteiger partial charge in [-0.2, -0.15) is 0 Å². The smallest absolute Gasteiger partial charge is 0.0589 e. The highest BCUT2D eigenvalue weighted by molar-refractivity contribution is 9.10. The van der Waals surface area contributed by atoms with E-state index in [1.807, 2.05) is 18.2 Å². The van der Waals surface area contributed by atoms with Crippen molar-refractivity contribution in [3.8, 4) is 0 Å². The number of halogens is 1. The Morgan fingerprint density at radius 3 is 2.87 bits per heavy atom. The minimum Gasteiger partial charge on any atom is -0.398 e. The standard InChI is InChI=1S/C10H15BrN2OS/c11-8-1-2-9(13)10(7-8)15-6-5-14-4-3-12/h1-2,7H,3-6,12-13H2. The molecule has 0 radical (unpaired) electrons. The molecule has 1 aromatic carbocycles. The van der Waals surface area contributed by atoms with Crippen LogP contribution in [0.2, 0.25) is 0 Å². The van der Waals surface area contributed by atoms with Gasteiger partial charge in [-0.15, -0.1) is 11.8 Å². The summed E-state index contributed by atoms with van der Waals surface area (Å²) in [4.78, 5) is 1.08. The van der Waals surface area contributed by atoms with Gasteiger partial charge in [-0.3, -0.25) is 0 Å². The monoisotopic (exact) mass is 290 g/mol. The van der Waals surface area contributed by atoms with Crippen molar-refractivity contribution < 1.29 is 4.74 Å². The first kappa shape index (κ1) is 12.8. The van der Waals surface area contributed by atoms with Crippen LogP contribution in [0.5, 0.6) is 0 Å². The number of anilines is 1. The maximum atomic E-state index is 5.83. The molecule has 4 N–H and O–H groups in total. The van der Waals surface area contributed by atoms with Crippen LogP contribution in [-0.2, 0) is 4.74 Å². The first-order chi connectivity index (χ1) is 7.24. The highest BCUT2D eigenvalue weighted by Crippen LogP contribution is 2.27. The topological polar surface area (TPSA) is 61.3 Å². The molecule has 0 bridgehead atoms. The molecule has 0 heterocycles. The van der Waals surface area contributed by atoms with Gasteiger partial charge < -0.3 is 16.2 Å². The van der Waals surface area contributed by atoms with Crippen LogP contribution in [0.15, 0.2) is 27.6 Å². The zero-order chi connectivity index (χ0) is 11.1. The summed E-state index contributed by atoms with van der Waals surface area (Å²) in [5, 5.41) is 0. The number of benzene rings is 1. The van der Waals surface area contributed by atoms with Gasteiger partial charge in [-0.25, -0.2) is 0 Å². The van der Waals surface area contributed by atoms with Gasteiger partial charge in [0, 0.05) is 27.4 Å². The summed E-state index contributed by atoms with van der Waals surface area (Å²) >= 11 is 5.10. The van der Waals surface area contributed by atoms with Crippen LogP contribution in [0.1, 0.15) is 0 Å².